The molecule has 0 aliphatic rings. The van der Waals surface area contributed by atoms with Crippen molar-refractivity contribution in [1.82, 2.24) is 9.55 Å². The number of hydrogen-bond donors (Lipinski definition) is 0. The Hall–Kier alpha value is -5.87. The lowest BCUT2D eigenvalue weighted by Gasteiger charge is -2.26. The lowest BCUT2D eigenvalue weighted by atomic mass is 10.1. The summed E-state index contributed by atoms with van der Waals surface area (Å²) in [6.07, 6.45) is 1.77. The molecule has 0 radical (unpaired) electrons. The SMILES string of the molecule is c1cc(N(c2ccc3ccccc3c2)c2ccc3c(c2)oc2ncccc23)cc(-n2c3ccccc3c3ccccc32)c1. The fraction of sp³-hybridized carbons (Fsp3) is 0. The van der Waals surface area contributed by atoms with Crippen LogP contribution in [0.25, 0.3) is 60.3 Å². The first-order valence-corrected chi connectivity index (χ1v) is 14.5. The van der Waals surface area contributed by atoms with Crippen molar-refractivity contribution >= 4 is 71.7 Å². The van der Waals surface area contributed by atoms with Gasteiger partial charge >= 0.3 is 0 Å². The number of rotatable bonds is 4. The minimum absolute atomic E-state index is 0.653. The number of pyridine rings is 1. The summed E-state index contributed by atoms with van der Waals surface area (Å²) in [5.74, 6) is 0. The number of nitrogens with zero attached hydrogens (tertiary/aromatic N) is 3. The van der Waals surface area contributed by atoms with E-state index < -0.39 is 0 Å². The predicted octanol–water partition coefficient (Wildman–Crippen LogP) is 10.7. The molecule has 0 N–H and O–H groups in total. The zero-order valence-corrected chi connectivity index (χ0v) is 23.2. The number of para-hydroxylation sites is 2. The largest absolute Gasteiger partial charge is 0.438 e. The van der Waals surface area contributed by atoms with Crippen LogP contribution in [0.3, 0.4) is 0 Å². The summed E-state index contributed by atoms with van der Waals surface area (Å²) in [6, 6.07) is 51.6. The Bertz CT molecular complexity index is 2430. The minimum Gasteiger partial charge on any atom is -0.438 e. The van der Waals surface area contributed by atoms with Gasteiger partial charge < -0.3 is 13.9 Å². The number of furan rings is 1. The van der Waals surface area contributed by atoms with Crippen LogP contribution in [0.4, 0.5) is 17.1 Å². The first-order valence-electron chi connectivity index (χ1n) is 14.5. The maximum atomic E-state index is 6.22. The molecule has 4 nitrogen and oxygen atoms in total. The van der Waals surface area contributed by atoms with Crippen molar-refractivity contribution in [1.29, 1.82) is 0 Å². The Balaban J connectivity index is 1.28. The van der Waals surface area contributed by atoms with Crippen LogP contribution in [0.1, 0.15) is 0 Å². The van der Waals surface area contributed by atoms with Crippen molar-refractivity contribution in [3.05, 3.63) is 152 Å². The third-order valence-electron chi connectivity index (χ3n) is 8.41. The van der Waals surface area contributed by atoms with Crippen LogP contribution in [0.2, 0.25) is 0 Å². The van der Waals surface area contributed by atoms with Gasteiger partial charge in [-0.2, -0.15) is 0 Å². The maximum Gasteiger partial charge on any atom is 0.227 e. The first kappa shape index (κ1) is 23.8. The second-order valence-corrected chi connectivity index (χ2v) is 10.9. The van der Waals surface area contributed by atoms with Gasteiger partial charge in [-0.1, -0.05) is 72.8 Å². The average Bonchev–Trinajstić information content (AvgIpc) is 3.60. The van der Waals surface area contributed by atoms with E-state index in [9.17, 15) is 0 Å². The number of anilines is 3. The quantitative estimate of drug-likeness (QED) is 0.218. The van der Waals surface area contributed by atoms with Crippen LogP contribution in [-0.4, -0.2) is 9.55 Å². The first-order chi connectivity index (χ1) is 21.3. The van der Waals surface area contributed by atoms with Gasteiger partial charge in [0.05, 0.1) is 11.0 Å². The van der Waals surface area contributed by atoms with Crippen LogP contribution in [0, 0.1) is 0 Å². The van der Waals surface area contributed by atoms with Gasteiger partial charge in [-0.3, -0.25) is 0 Å². The predicted molar refractivity (Wildman–Crippen MR) is 178 cm³/mol. The molecule has 202 valence electrons. The molecule has 3 aromatic heterocycles. The summed E-state index contributed by atoms with van der Waals surface area (Å²) in [7, 11) is 0. The molecule has 9 rings (SSSR count). The lowest BCUT2D eigenvalue weighted by molar-refractivity contribution is 0.654. The fourth-order valence-electron chi connectivity index (χ4n) is 6.47. The third kappa shape index (κ3) is 3.74. The second-order valence-electron chi connectivity index (χ2n) is 10.9. The highest BCUT2D eigenvalue weighted by molar-refractivity contribution is 6.09. The highest BCUT2D eigenvalue weighted by Gasteiger charge is 2.18. The van der Waals surface area contributed by atoms with Crippen LogP contribution in [0.15, 0.2) is 156 Å². The summed E-state index contributed by atoms with van der Waals surface area (Å²) in [5.41, 5.74) is 8.10. The standard InChI is InChI=1S/C39H25N3O/c1-2-10-27-23-30(19-18-26(27)9-1)41(31-20-21-34-35-15-8-22-40-39(35)43-38(34)25-31)28-11-7-12-29(24-28)42-36-16-5-3-13-32(36)33-14-4-6-17-37(33)42/h1-25H. The van der Waals surface area contributed by atoms with E-state index in [4.69, 9.17) is 4.42 Å². The van der Waals surface area contributed by atoms with Gasteiger partial charge in [-0.15, -0.1) is 0 Å². The summed E-state index contributed by atoms with van der Waals surface area (Å²) in [5, 5.41) is 6.98. The van der Waals surface area contributed by atoms with Crippen LogP contribution in [0.5, 0.6) is 0 Å². The highest BCUT2D eigenvalue weighted by Crippen LogP contribution is 2.40. The summed E-state index contributed by atoms with van der Waals surface area (Å²) >= 11 is 0. The van der Waals surface area contributed by atoms with E-state index in [0.717, 1.165) is 39.1 Å². The van der Waals surface area contributed by atoms with E-state index >= 15 is 0 Å². The maximum absolute atomic E-state index is 6.22. The monoisotopic (exact) mass is 551 g/mol. The summed E-state index contributed by atoms with van der Waals surface area (Å²) in [6.45, 7) is 0. The van der Waals surface area contributed by atoms with Gasteiger partial charge in [0.15, 0.2) is 0 Å². The van der Waals surface area contributed by atoms with Crippen molar-refractivity contribution in [2.24, 2.45) is 0 Å². The Morgan fingerprint density at radius 1 is 0.488 bits per heavy atom. The Morgan fingerprint density at radius 2 is 1.16 bits per heavy atom. The van der Waals surface area contributed by atoms with E-state index in [1.807, 2.05) is 6.07 Å². The van der Waals surface area contributed by atoms with E-state index in [0.29, 0.717) is 5.71 Å². The Labute approximate surface area is 247 Å². The van der Waals surface area contributed by atoms with E-state index in [1.54, 1.807) is 6.20 Å². The number of benzene rings is 6. The summed E-state index contributed by atoms with van der Waals surface area (Å²) < 4.78 is 8.58. The molecule has 3 heterocycles. The normalized spacial score (nSPS) is 11.7. The van der Waals surface area contributed by atoms with Crippen molar-refractivity contribution in [3.8, 4) is 5.69 Å². The van der Waals surface area contributed by atoms with Crippen molar-refractivity contribution in [3.63, 3.8) is 0 Å². The lowest BCUT2D eigenvalue weighted by Crippen LogP contribution is -2.10. The van der Waals surface area contributed by atoms with Gasteiger partial charge in [0.1, 0.15) is 5.58 Å². The smallest absolute Gasteiger partial charge is 0.227 e. The van der Waals surface area contributed by atoms with E-state index in [2.05, 4.69) is 154 Å². The number of aromatic nitrogens is 2. The molecule has 9 aromatic rings. The van der Waals surface area contributed by atoms with Crippen LogP contribution >= 0.6 is 0 Å². The Kier molecular flexibility index (Phi) is 5.16. The van der Waals surface area contributed by atoms with Crippen LogP contribution in [-0.2, 0) is 0 Å². The molecule has 4 heteroatoms. The topological polar surface area (TPSA) is 34.2 Å². The molecule has 0 saturated carbocycles. The van der Waals surface area contributed by atoms with Gasteiger partial charge in [0.25, 0.3) is 0 Å². The number of fused-ring (bicyclic) bond motifs is 7. The second kappa shape index (κ2) is 9.33. The van der Waals surface area contributed by atoms with Crippen molar-refractivity contribution < 1.29 is 4.42 Å². The molecule has 0 unspecified atom stereocenters. The van der Waals surface area contributed by atoms with Crippen molar-refractivity contribution in [2.75, 3.05) is 4.90 Å². The van der Waals surface area contributed by atoms with E-state index in [-0.39, 0.29) is 0 Å². The summed E-state index contributed by atoms with van der Waals surface area (Å²) in [4.78, 5) is 6.76. The molecule has 0 saturated heterocycles. The van der Waals surface area contributed by atoms with Crippen LogP contribution < -0.4 is 4.90 Å². The molecule has 0 fully saturated rings. The molecule has 0 bridgehead atoms. The highest BCUT2D eigenvalue weighted by atomic mass is 16.3. The molecule has 0 atom stereocenters. The average molecular weight is 552 g/mol. The number of hydrogen-bond acceptors (Lipinski definition) is 3. The molecular formula is C39H25N3O. The minimum atomic E-state index is 0.653. The van der Waals surface area contributed by atoms with Gasteiger partial charge in [0, 0.05) is 56.6 Å². The molecular weight excluding hydrogens is 526 g/mol. The molecule has 0 spiro atoms. The van der Waals surface area contributed by atoms with Crippen molar-refractivity contribution in [2.45, 2.75) is 0 Å². The molecule has 6 aromatic carbocycles. The fourth-order valence-corrected chi connectivity index (χ4v) is 6.47. The molecule has 0 amide bonds. The third-order valence-corrected chi connectivity index (χ3v) is 8.41. The van der Waals surface area contributed by atoms with E-state index in [1.165, 1.54) is 32.6 Å². The van der Waals surface area contributed by atoms with Gasteiger partial charge in [0.2, 0.25) is 5.71 Å². The van der Waals surface area contributed by atoms with Gasteiger partial charge in [-0.05, 0) is 77.5 Å². The molecule has 0 aliphatic heterocycles. The van der Waals surface area contributed by atoms with Gasteiger partial charge in [-0.25, -0.2) is 4.98 Å². The molecule has 0 aliphatic carbocycles. The molecule has 43 heavy (non-hydrogen) atoms. The zero-order chi connectivity index (χ0) is 28.3. The zero-order valence-electron chi connectivity index (χ0n) is 23.2. The Morgan fingerprint density at radius 3 is 2.00 bits per heavy atom.